The molecule has 0 aliphatic rings. The van der Waals surface area contributed by atoms with Crippen molar-refractivity contribution in [3.63, 3.8) is 0 Å². The lowest BCUT2D eigenvalue weighted by molar-refractivity contribution is -0.118. The van der Waals surface area contributed by atoms with Gasteiger partial charge in [0.15, 0.2) is 11.5 Å². The number of nitrogens with zero attached hydrogens (tertiary/aromatic N) is 1. The van der Waals surface area contributed by atoms with E-state index in [0.717, 1.165) is 5.52 Å². The maximum absolute atomic E-state index is 11.8. The normalized spacial score (nSPS) is 11.4. The summed E-state index contributed by atoms with van der Waals surface area (Å²) in [4.78, 5) is 16.0. The van der Waals surface area contributed by atoms with Gasteiger partial charge in [0.05, 0.1) is 12.5 Å². The van der Waals surface area contributed by atoms with Crippen molar-refractivity contribution in [1.82, 2.24) is 4.98 Å². The first-order valence-corrected chi connectivity index (χ1v) is 6.02. The average Bonchev–Trinajstić information content (AvgIpc) is 2.75. The van der Waals surface area contributed by atoms with Gasteiger partial charge in [0.1, 0.15) is 5.52 Å². The Kier molecular flexibility index (Phi) is 8.27. The van der Waals surface area contributed by atoms with Crippen molar-refractivity contribution in [3.05, 3.63) is 24.1 Å². The zero-order valence-electron chi connectivity index (χ0n) is 11.8. The van der Waals surface area contributed by atoms with Crippen molar-refractivity contribution >= 4 is 47.5 Å². The summed E-state index contributed by atoms with van der Waals surface area (Å²) in [6.45, 7) is 2.09. The van der Waals surface area contributed by atoms with E-state index >= 15 is 0 Å². The third-order valence-electron chi connectivity index (χ3n) is 2.79. The Balaban J connectivity index is 0.00000200. The van der Waals surface area contributed by atoms with Gasteiger partial charge in [-0.25, -0.2) is 4.98 Å². The van der Waals surface area contributed by atoms with Crippen LogP contribution in [-0.2, 0) is 9.53 Å². The van der Waals surface area contributed by atoms with Crippen molar-refractivity contribution in [2.75, 3.05) is 19.0 Å². The lowest BCUT2D eigenvalue weighted by Crippen LogP contribution is -2.28. The number of halogens is 2. The second kappa shape index (κ2) is 8.84. The molecule has 118 valence electrons. The molecule has 3 N–H and O–H groups in total. The van der Waals surface area contributed by atoms with Gasteiger partial charge in [0.25, 0.3) is 0 Å². The zero-order chi connectivity index (χ0) is 13.8. The Hall–Kier alpha value is -1.34. The van der Waals surface area contributed by atoms with E-state index in [1.54, 1.807) is 25.1 Å². The van der Waals surface area contributed by atoms with Crippen LogP contribution in [0, 0.1) is 6.92 Å². The summed E-state index contributed by atoms with van der Waals surface area (Å²) in [6.07, 6.45) is -0.0447. The van der Waals surface area contributed by atoms with Crippen LogP contribution in [0.3, 0.4) is 0 Å². The molecule has 0 saturated carbocycles. The van der Waals surface area contributed by atoms with Gasteiger partial charge in [-0.1, -0.05) is 0 Å². The Morgan fingerprint density at radius 3 is 2.81 bits per heavy atom. The fraction of sp³-hybridized carbons (Fsp3) is 0.385. The van der Waals surface area contributed by atoms with E-state index in [1.807, 2.05) is 0 Å². The topological polar surface area (TPSA) is 90.4 Å². The predicted octanol–water partition coefficient (Wildman–Crippen LogP) is 2.28. The minimum atomic E-state index is -0.267. The van der Waals surface area contributed by atoms with Crippen molar-refractivity contribution in [3.8, 4) is 0 Å². The van der Waals surface area contributed by atoms with E-state index < -0.39 is 0 Å². The molecule has 1 unspecified atom stereocenters. The number of aromatic nitrogens is 1. The molecule has 2 rings (SSSR count). The summed E-state index contributed by atoms with van der Waals surface area (Å²) in [5, 5.41) is 2.78. The molecule has 1 atom stereocenters. The molecular weight excluding hydrogens is 317 g/mol. The Bertz CT molecular complexity index is 585. The minimum Gasteiger partial charge on any atom is -0.441 e. The average molecular weight is 336 g/mol. The summed E-state index contributed by atoms with van der Waals surface area (Å²) in [5.41, 5.74) is 7.56. The number of nitrogens with one attached hydrogen (secondary N) is 1. The highest BCUT2D eigenvalue weighted by atomic mass is 35.5. The van der Waals surface area contributed by atoms with Crippen LogP contribution >= 0.6 is 24.8 Å². The smallest absolute Gasteiger partial charge is 0.227 e. The quantitative estimate of drug-likeness (QED) is 0.874. The third kappa shape index (κ3) is 5.17. The number of hydrogen-bond donors (Lipinski definition) is 2. The molecule has 0 aliphatic heterocycles. The SMILES string of the molecule is COC(CN)CC(=O)Nc1ccc2nc(C)oc2c1.Cl.Cl. The van der Waals surface area contributed by atoms with Gasteiger partial charge in [0.2, 0.25) is 5.91 Å². The lowest BCUT2D eigenvalue weighted by Gasteiger charge is -2.12. The number of nitrogens with two attached hydrogens (primary N) is 1. The van der Waals surface area contributed by atoms with E-state index in [2.05, 4.69) is 10.3 Å². The fourth-order valence-corrected chi connectivity index (χ4v) is 1.80. The lowest BCUT2D eigenvalue weighted by atomic mass is 10.2. The maximum Gasteiger partial charge on any atom is 0.227 e. The number of amides is 1. The Morgan fingerprint density at radius 2 is 2.19 bits per heavy atom. The van der Waals surface area contributed by atoms with Crippen LogP contribution < -0.4 is 11.1 Å². The molecular formula is C13H19Cl2N3O3. The van der Waals surface area contributed by atoms with Crippen LogP contribution in [0.25, 0.3) is 11.1 Å². The molecule has 0 bridgehead atoms. The monoisotopic (exact) mass is 335 g/mol. The molecule has 1 heterocycles. The number of oxazole rings is 1. The first-order valence-electron chi connectivity index (χ1n) is 6.02. The number of methoxy groups -OCH3 is 1. The van der Waals surface area contributed by atoms with E-state index in [0.29, 0.717) is 23.7 Å². The summed E-state index contributed by atoms with van der Waals surface area (Å²) >= 11 is 0. The largest absolute Gasteiger partial charge is 0.441 e. The molecule has 1 amide bonds. The van der Waals surface area contributed by atoms with Gasteiger partial charge in [-0.15, -0.1) is 24.8 Å². The van der Waals surface area contributed by atoms with Crippen molar-refractivity contribution in [2.45, 2.75) is 19.4 Å². The molecule has 0 spiro atoms. The molecule has 6 nitrogen and oxygen atoms in total. The number of aryl methyl sites for hydroxylation is 1. The Labute approximate surface area is 135 Å². The van der Waals surface area contributed by atoms with E-state index in [9.17, 15) is 4.79 Å². The first-order chi connectivity index (χ1) is 9.12. The molecule has 21 heavy (non-hydrogen) atoms. The van der Waals surface area contributed by atoms with E-state index in [4.69, 9.17) is 14.9 Å². The Morgan fingerprint density at radius 1 is 1.48 bits per heavy atom. The second-order valence-electron chi connectivity index (χ2n) is 4.26. The molecule has 0 fully saturated rings. The van der Waals surface area contributed by atoms with Gasteiger partial charge < -0.3 is 20.2 Å². The molecule has 1 aromatic heterocycles. The van der Waals surface area contributed by atoms with Crippen LogP contribution in [0.5, 0.6) is 0 Å². The van der Waals surface area contributed by atoms with Crippen molar-refractivity contribution in [1.29, 1.82) is 0 Å². The van der Waals surface area contributed by atoms with Crippen LogP contribution in [0.15, 0.2) is 22.6 Å². The van der Waals surface area contributed by atoms with Crippen molar-refractivity contribution in [2.24, 2.45) is 5.73 Å². The molecule has 0 radical (unpaired) electrons. The van der Waals surface area contributed by atoms with E-state index in [1.165, 1.54) is 7.11 Å². The fourth-order valence-electron chi connectivity index (χ4n) is 1.80. The number of carbonyl (C=O) groups excluding carboxylic acids is 1. The van der Waals surface area contributed by atoms with Crippen molar-refractivity contribution < 1.29 is 13.9 Å². The summed E-state index contributed by atoms with van der Waals surface area (Å²) in [6, 6.07) is 5.34. The maximum atomic E-state index is 11.8. The number of hydrogen-bond acceptors (Lipinski definition) is 5. The number of rotatable bonds is 5. The summed E-state index contributed by atoms with van der Waals surface area (Å²) in [5.74, 6) is 0.453. The highest BCUT2D eigenvalue weighted by Crippen LogP contribution is 2.20. The van der Waals surface area contributed by atoms with Crippen LogP contribution in [-0.4, -0.2) is 30.6 Å². The zero-order valence-corrected chi connectivity index (χ0v) is 13.4. The third-order valence-corrected chi connectivity index (χ3v) is 2.79. The van der Waals surface area contributed by atoms with Crippen LogP contribution in [0.4, 0.5) is 5.69 Å². The minimum absolute atomic E-state index is 0. The number of anilines is 1. The summed E-state index contributed by atoms with van der Waals surface area (Å²) in [7, 11) is 1.54. The van der Waals surface area contributed by atoms with Crippen LogP contribution in [0.2, 0.25) is 0 Å². The van der Waals surface area contributed by atoms with Gasteiger partial charge in [0, 0.05) is 32.3 Å². The standard InChI is InChI=1S/C13H17N3O3.2ClH/c1-8-15-11-4-3-9(5-12(11)19-8)16-13(17)6-10(7-14)18-2;;/h3-5,10H,6-7,14H2,1-2H3,(H,16,17);2*1H. The van der Waals surface area contributed by atoms with Gasteiger partial charge in [-0.3, -0.25) is 4.79 Å². The highest BCUT2D eigenvalue weighted by molar-refractivity contribution is 5.93. The molecule has 2 aromatic rings. The van der Waals surface area contributed by atoms with Crippen LogP contribution in [0.1, 0.15) is 12.3 Å². The summed E-state index contributed by atoms with van der Waals surface area (Å²) < 4.78 is 10.5. The highest BCUT2D eigenvalue weighted by Gasteiger charge is 2.12. The number of ether oxygens (including phenoxy) is 1. The predicted molar refractivity (Wildman–Crippen MR) is 86.3 cm³/mol. The molecule has 1 aromatic carbocycles. The second-order valence-corrected chi connectivity index (χ2v) is 4.26. The number of fused-ring (bicyclic) bond motifs is 1. The van der Waals surface area contributed by atoms with Gasteiger partial charge in [-0.2, -0.15) is 0 Å². The molecule has 0 saturated heterocycles. The molecule has 0 aliphatic carbocycles. The van der Waals surface area contributed by atoms with E-state index in [-0.39, 0.29) is 43.2 Å². The first kappa shape index (κ1) is 19.7. The molecule has 8 heteroatoms. The number of benzene rings is 1. The van der Waals surface area contributed by atoms with Gasteiger partial charge >= 0.3 is 0 Å². The van der Waals surface area contributed by atoms with Gasteiger partial charge in [-0.05, 0) is 12.1 Å². The number of carbonyl (C=O) groups is 1.